The minimum Gasteiger partial charge on any atom is -0.366 e. The predicted octanol–water partition coefficient (Wildman–Crippen LogP) is 2.85. The Morgan fingerprint density at radius 2 is 1.88 bits per heavy atom. The summed E-state index contributed by atoms with van der Waals surface area (Å²) in [5.41, 5.74) is 0.151. The van der Waals surface area contributed by atoms with Gasteiger partial charge in [0.1, 0.15) is 5.54 Å². The highest BCUT2D eigenvalue weighted by Crippen LogP contribution is 2.47. The number of amides is 1. The van der Waals surface area contributed by atoms with E-state index < -0.39 is 27.0 Å². The van der Waals surface area contributed by atoms with E-state index >= 15 is 0 Å². The van der Waals surface area contributed by atoms with Gasteiger partial charge in [-0.15, -0.1) is 10.2 Å². The first-order valence-electron chi connectivity index (χ1n) is 13.2. The highest BCUT2D eigenvalue weighted by molar-refractivity contribution is 7.89. The van der Waals surface area contributed by atoms with Gasteiger partial charge in [-0.2, -0.15) is 9.98 Å². The number of rotatable bonds is 7. The van der Waals surface area contributed by atoms with Crippen LogP contribution in [0.25, 0.3) is 21.9 Å². The van der Waals surface area contributed by atoms with Crippen molar-refractivity contribution in [2.75, 3.05) is 31.1 Å². The Kier molecular flexibility index (Phi) is 5.70. The van der Waals surface area contributed by atoms with Gasteiger partial charge >= 0.3 is 0 Å². The summed E-state index contributed by atoms with van der Waals surface area (Å²) in [6.45, 7) is 3.86. The number of anilines is 1. The standard InChI is InChI=1S/C25H25F2N9O3S2/c1-24(2-3-24)21(37)34-10-8-33(9-11-34)16-12-15(41(38,39)32-25(14-28)4-5-25)13-17-18(16)35-7-6-29-22(35)36(17)23-31-30-20(40-23)19(26)27/h6-7,12-13,19,32H,2-5,8-11H2,1H3. The van der Waals surface area contributed by atoms with Gasteiger partial charge in [0.15, 0.2) is 5.01 Å². The average molecular weight is 602 g/mol. The molecule has 0 unspecified atom stereocenters. The highest BCUT2D eigenvalue weighted by Gasteiger charge is 2.48. The molecule has 1 aromatic carbocycles. The average Bonchev–Trinajstić information content (AvgIpc) is 3.69. The second kappa shape index (κ2) is 8.91. The van der Waals surface area contributed by atoms with Crippen LogP contribution >= 0.6 is 11.3 Å². The van der Waals surface area contributed by atoms with Crippen LogP contribution < -0.4 is 9.62 Å². The van der Waals surface area contributed by atoms with E-state index in [1.807, 2.05) is 22.8 Å². The van der Waals surface area contributed by atoms with Crippen LogP contribution in [0.3, 0.4) is 0 Å². The van der Waals surface area contributed by atoms with Crippen molar-refractivity contribution < 1.29 is 22.0 Å². The molecule has 1 amide bonds. The number of halogens is 2. The molecule has 3 aliphatic rings. The Hall–Kier alpha value is -3.68. The molecular formula is C25H25F2N9O3S2. The molecule has 7 rings (SSSR count). The number of hydrogen-bond donors (Lipinski definition) is 1. The Morgan fingerprint density at radius 1 is 1.15 bits per heavy atom. The van der Waals surface area contributed by atoms with Crippen LogP contribution in [-0.4, -0.2) is 75.1 Å². The van der Waals surface area contributed by atoms with Crippen molar-refractivity contribution in [3.05, 3.63) is 29.5 Å². The lowest BCUT2D eigenvalue weighted by Crippen LogP contribution is -2.50. The first-order valence-corrected chi connectivity index (χ1v) is 15.5. The topological polar surface area (TPSA) is 142 Å². The van der Waals surface area contributed by atoms with Crippen molar-refractivity contribution in [2.45, 2.75) is 49.5 Å². The number of piperazine rings is 1. The molecule has 2 saturated carbocycles. The van der Waals surface area contributed by atoms with Crippen LogP contribution in [0.4, 0.5) is 14.5 Å². The molecule has 16 heteroatoms. The number of nitriles is 1. The maximum atomic E-state index is 13.6. The van der Waals surface area contributed by atoms with E-state index in [4.69, 9.17) is 0 Å². The molecule has 0 bridgehead atoms. The normalized spacial score (nSPS) is 19.7. The molecule has 0 radical (unpaired) electrons. The fourth-order valence-corrected chi connectivity index (χ4v) is 7.47. The number of hydrogen-bond acceptors (Lipinski definition) is 9. The second-order valence-corrected chi connectivity index (χ2v) is 13.8. The maximum Gasteiger partial charge on any atom is 0.291 e. The SMILES string of the molecule is CC1(C(=O)N2CCN(c3cc(S(=O)(=O)NC4(C#N)CC4)cc4c3n3ccnc3n4-c3nnc(C(F)F)s3)CC2)CC1. The number of carbonyl (C=O) groups is 1. The number of fused-ring (bicyclic) bond motifs is 3. The molecule has 1 saturated heterocycles. The predicted molar refractivity (Wildman–Crippen MR) is 144 cm³/mol. The van der Waals surface area contributed by atoms with Gasteiger partial charge in [-0.25, -0.2) is 22.2 Å². The zero-order chi connectivity index (χ0) is 28.7. The van der Waals surface area contributed by atoms with Crippen LogP contribution in [0, 0.1) is 16.7 Å². The number of carbonyl (C=O) groups excluding carboxylic acids is 1. The Labute approximate surface area is 237 Å². The van der Waals surface area contributed by atoms with Gasteiger partial charge in [0, 0.05) is 44.0 Å². The van der Waals surface area contributed by atoms with E-state index in [1.54, 1.807) is 22.9 Å². The second-order valence-electron chi connectivity index (χ2n) is 11.1. The summed E-state index contributed by atoms with van der Waals surface area (Å²) in [6, 6.07) is 5.06. The lowest BCUT2D eigenvalue weighted by atomic mass is 10.1. The fraction of sp³-hybridized carbons (Fsp3) is 0.480. The lowest BCUT2D eigenvalue weighted by molar-refractivity contribution is -0.136. The molecule has 41 heavy (non-hydrogen) atoms. The molecule has 3 aromatic heterocycles. The number of nitrogens with one attached hydrogen (secondary N) is 1. The minimum absolute atomic E-state index is 0.0777. The van der Waals surface area contributed by atoms with Crippen molar-refractivity contribution in [2.24, 2.45) is 5.41 Å². The van der Waals surface area contributed by atoms with Crippen LogP contribution in [0.2, 0.25) is 0 Å². The number of nitrogens with zero attached hydrogens (tertiary/aromatic N) is 8. The molecule has 0 spiro atoms. The van der Waals surface area contributed by atoms with Gasteiger partial charge in [-0.3, -0.25) is 13.8 Å². The number of sulfonamides is 1. The van der Waals surface area contributed by atoms with Gasteiger partial charge in [-0.1, -0.05) is 18.3 Å². The number of aromatic nitrogens is 5. The maximum absolute atomic E-state index is 13.6. The number of alkyl halides is 2. The molecule has 1 N–H and O–H groups in total. The zero-order valence-electron chi connectivity index (χ0n) is 21.9. The summed E-state index contributed by atoms with van der Waals surface area (Å²) in [5, 5.41) is 16.8. The van der Waals surface area contributed by atoms with Crippen molar-refractivity contribution in [3.8, 4) is 11.2 Å². The summed E-state index contributed by atoms with van der Waals surface area (Å²) in [5.74, 6) is 0.496. The third kappa shape index (κ3) is 4.25. The Morgan fingerprint density at radius 3 is 2.49 bits per heavy atom. The van der Waals surface area contributed by atoms with E-state index in [0.717, 1.165) is 12.8 Å². The first-order chi connectivity index (χ1) is 19.5. The summed E-state index contributed by atoms with van der Waals surface area (Å²) in [7, 11) is -4.14. The summed E-state index contributed by atoms with van der Waals surface area (Å²) in [6.07, 6.45) is 3.06. The van der Waals surface area contributed by atoms with E-state index in [1.165, 1.54) is 10.6 Å². The molecule has 3 fully saturated rings. The summed E-state index contributed by atoms with van der Waals surface area (Å²) >= 11 is 0.693. The van der Waals surface area contributed by atoms with Gasteiger partial charge < -0.3 is 9.80 Å². The van der Waals surface area contributed by atoms with E-state index in [-0.39, 0.29) is 21.3 Å². The smallest absolute Gasteiger partial charge is 0.291 e. The van der Waals surface area contributed by atoms with E-state index in [0.29, 0.717) is 72.9 Å². The van der Waals surface area contributed by atoms with Crippen LogP contribution in [-0.2, 0) is 14.8 Å². The highest BCUT2D eigenvalue weighted by atomic mass is 32.2. The van der Waals surface area contributed by atoms with Gasteiger partial charge in [0.05, 0.1) is 27.7 Å². The van der Waals surface area contributed by atoms with Crippen molar-refractivity contribution in [1.82, 2.24) is 33.8 Å². The number of imidazole rings is 2. The van der Waals surface area contributed by atoms with E-state index in [9.17, 15) is 27.3 Å². The molecule has 0 atom stereocenters. The summed E-state index contributed by atoms with van der Waals surface area (Å²) < 4.78 is 59.8. The summed E-state index contributed by atoms with van der Waals surface area (Å²) in [4.78, 5) is 21.2. The third-order valence-electron chi connectivity index (χ3n) is 8.18. The number of benzene rings is 1. The molecule has 214 valence electrons. The van der Waals surface area contributed by atoms with Gasteiger partial charge in [-0.05, 0) is 37.8 Å². The molecule has 12 nitrogen and oxygen atoms in total. The quantitative estimate of drug-likeness (QED) is 0.341. The van der Waals surface area contributed by atoms with Crippen LogP contribution in [0.15, 0.2) is 29.4 Å². The van der Waals surface area contributed by atoms with Gasteiger partial charge in [0.25, 0.3) is 6.43 Å². The Bertz CT molecular complexity index is 1860. The lowest BCUT2D eigenvalue weighted by Gasteiger charge is -2.37. The zero-order valence-corrected chi connectivity index (χ0v) is 23.6. The molecular weight excluding hydrogens is 576 g/mol. The van der Waals surface area contributed by atoms with Crippen molar-refractivity contribution >= 4 is 49.8 Å². The monoisotopic (exact) mass is 601 g/mol. The minimum atomic E-state index is -4.14. The molecule has 4 aromatic rings. The van der Waals surface area contributed by atoms with Crippen LogP contribution in [0.5, 0.6) is 0 Å². The van der Waals surface area contributed by atoms with Gasteiger partial charge in [0.2, 0.25) is 26.8 Å². The Balaban J connectivity index is 1.37. The van der Waals surface area contributed by atoms with Crippen molar-refractivity contribution in [1.29, 1.82) is 5.26 Å². The van der Waals surface area contributed by atoms with Crippen LogP contribution in [0.1, 0.15) is 44.0 Å². The molecule has 4 heterocycles. The fourth-order valence-electron chi connectivity index (χ4n) is 5.34. The molecule has 2 aliphatic carbocycles. The van der Waals surface area contributed by atoms with E-state index in [2.05, 4.69) is 19.9 Å². The third-order valence-corrected chi connectivity index (χ3v) is 10.6. The first kappa shape index (κ1) is 26.2. The largest absolute Gasteiger partial charge is 0.366 e. The van der Waals surface area contributed by atoms with Crippen molar-refractivity contribution in [3.63, 3.8) is 0 Å². The molecule has 1 aliphatic heterocycles.